The first-order chi connectivity index (χ1) is 3.18. The molecule has 0 radical (unpaired) electrons. The van der Waals surface area contributed by atoms with Crippen LogP contribution >= 0.6 is 0 Å². The third-order valence-corrected chi connectivity index (χ3v) is 0.717. The van der Waals surface area contributed by atoms with Gasteiger partial charge in [0.15, 0.2) is 5.81 Å². The van der Waals surface area contributed by atoms with E-state index in [1.807, 2.05) is 0 Å². The lowest BCUT2D eigenvalue weighted by molar-refractivity contribution is -0.0555. The van der Waals surface area contributed by atoms with Gasteiger partial charge in [0, 0.05) is 7.05 Å². The molecular formula is C3H8BNO2. The predicted molar refractivity (Wildman–Crippen MR) is 28.7 cm³/mol. The molecular weight excluding hydrogens is 92.8 g/mol. The molecule has 0 rings (SSSR count). The number of rotatable bonds is 1. The minimum Gasteiger partial charge on any atom is -0.286 e. The van der Waals surface area contributed by atoms with Gasteiger partial charge in [0.25, 0.3) is 0 Å². The highest BCUT2D eigenvalue weighted by Crippen LogP contribution is 1.78. The third kappa shape index (κ3) is 2.22. The van der Waals surface area contributed by atoms with Gasteiger partial charge in [-0.05, 0) is 0 Å². The summed E-state index contributed by atoms with van der Waals surface area (Å²) in [7, 11) is 4.44. The second kappa shape index (κ2) is 2.63. The van der Waals surface area contributed by atoms with Crippen LogP contribution in [0.25, 0.3) is 0 Å². The molecule has 0 aromatic rings. The van der Waals surface area contributed by atoms with Crippen molar-refractivity contribution >= 4 is 13.7 Å². The summed E-state index contributed by atoms with van der Waals surface area (Å²) in [6.07, 6.45) is 0. The van der Waals surface area contributed by atoms with Crippen molar-refractivity contribution in [2.45, 2.75) is 0 Å². The van der Waals surface area contributed by atoms with Gasteiger partial charge < -0.3 is 0 Å². The Labute approximate surface area is 43.6 Å². The molecule has 0 aliphatic heterocycles. The van der Waals surface area contributed by atoms with Crippen molar-refractivity contribution in [1.29, 1.82) is 0 Å². The van der Waals surface area contributed by atoms with Crippen molar-refractivity contribution in [2.75, 3.05) is 14.2 Å². The van der Waals surface area contributed by atoms with E-state index in [-0.39, 0.29) is 5.81 Å². The second-order valence-corrected chi connectivity index (χ2v) is 1.20. The maximum absolute atomic E-state index is 10.2. The van der Waals surface area contributed by atoms with E-state index in [9.17, 15) is 4.79 Å². The normalized spacial score (nSPS) is 8.29. The van der Waals surface area contributed by atoms with Crippen LogP contribution in [-0.4, -0.2) is 32.9 Å². The standard InChI is InChI=1S/C3H8BNO2/c1-5(7-2)3(4)6/h4H2,1-2H3. The van der Waals surface area contributed by atoms with Crippen molar-refractivity contribution in [1.82, 2.24) is 5.06 Å². The Morgan fingerprint density at radius 3 is 2.29 bits per heavy atom. The molecule has 0 saturated carbocycles. The van der Waals surface area contributed by atoms with E-state index in [2.05, 4.69) is 4.84 Å². The molecule has 7 heavy (non-hydrogen) atoms. The Kier molecular flexibility index (Phi) is 2.44. The molecule has 0 heterocycles. The lowest BCUT2D eigenvalue weighted by atomic mass is 10.1. The fourth-order valence-corrected chi connectivity index (χ4v) is 0.129. The number of hydrogen-bond acceptors (Lipinski definition) is 2. The summed E-state index contributed by atoms with van der Waals surface area (Å²) in [5.41, 5.74) is 0. The molecule has 0 aromatic heterocycles. The smallest absolute Gasteiger partial charge is 0.218 e. The van der Waals surface area contributed by atoms with Gasteiger partial charge in [-0.3, -0.25) is 9.63 Å². The minimum atomic E-state index is -0.0949. The van der Waals surface area contributed by atoms with Gasteiger partial charge in [0.05, 0.1) is 7.11 Å². The zero-order valence-corrected chi connectivity index (χ0v) is 4.76. The fourth-order valence-electron chi connectivity index (χ4n) is 0.129. The molecule has 3 nitrogen and oxygen atoms in total. The molecule has 0 aliphatic carbocycles. The molecule has 40 valence electrons. The van der Waals surface area contributed by atoms with E-state index in [1.165, 1.54) is 15.0 Å². The summed E-state index contributed by atoms with van der Waals surface area (Å²) in [6.45, 7) is 0. The lowest BCUT2D eigenvalue weighted by Gasteiger charge is -2.09. The average molecular weight is 101 g/mol. The summed E-state index contributed by atoms with van der Waals surface area (Å²) in [5.74, 6) is -0.0949. The average Bonchev–Trinajstić information content (AvgIpc) is 1.65. The lowest BCUT2D eigenvalue weighted by Crippen LogP contribution is -2.23. The van der Waals surface area contributed by atoms with E-state index < -0.39 is 0 Å². The molecule has 0 unspecified atom stereocenters. The van der Waals surface area contributed by atoms with E-state index in [1.54, 1.807) is 7.05 Å². The van der Waals surface area contributed by atoms with Crippen LogP contribution in [0, 0.1) is 0 Å². The highest BCUT2D eigenvalue weighted by molar-refractivity contribution is 6.56. The van der Waals surface area contributed by atoms with Gasteiger partial charge in [0.2, 0.25) is 7.85 Å². The Morgan fingerprint density at radius 2 is 2.29 bits per heavy atom. The van der Waals surface area contributed by atoms with Crippen molar-refractivity contribution in [2.24, 2.45) is 0 Å². The Hall–Kier alpha value is -0.505. The summed E-state index contributed by atoms with van der Waals surface area (Å²) < 4.78 is 0. The van der Waals surface area contributed by atoms with Crippen molar-refractivity contribution in [3.05, 3.63) is 0 Å². The van der Waals surface area contributed by atoms with Crippen LogP contribution in [-0.2, 0) is 4.84 Å². The highest BCUT2D eigenvalue weighted by atomic mass is 16.7. The van der Waals surface area contributed by atoms with Gasteiger partial charge >= 0.3 is 0 Å². The van der Waals surface area contributed by atoms with E-state index in [4.69, 9.17) is 0 Å². The summed E-state index contributed by atoms with van der Waals surface area (Å²) in [6, 6.07) is 0. The first kappa shape index (κ1) is 6.49. The van der Waals surface area contributed by atoms with Crippen LogP contribution < -0.4 is 0 Å². The first-order valence-electron chi connectivity index (χ1n) is 1.97. The number of hydrogen-bond donors (Lipinski definition) is 0. The Morgan fingerprint density at radius 1 is 1.86 bits per heavy atom. The summed E-state index contributed by atoms with van der Waals surface area (Å²) >= 11 is 0. The van der Waals surface area contributed by atoms with E-state index in [0.29, 0.717) is 0 Å². The molecule has 0 bridgehead atoms. The summed E-state index contributed by atoms with van der Waals surface area (Å²) in [5, 5.41) is 1.15. The number of hydroxylamine groups is 2. The van der Waals surface area contributed by atoms with Gasteiger partial charge in [-0.1, -0.05) is 0 Å². The highest BCUT2D eigenvalue weighted by Gasteiger charge is 1.94. The SMILES string of the molecule is BC(=O)N(C)OC. The van der Waals surface area contributed by atoms with E-state index in [0.717, 1.165) is 5.06 Å². The van der Waals surface area contributed by atoms with Gasteiger partial charge in [-0.15, -0.1) is 0 Å². The first-order valence-corrected chi connectivity index (χ1v) is 1.97. The number of carbonyl (C=O) groups is 1. The maximum Gasteiger partial charge on any atom is 0.218 e. The number of nitrogens with zero attached hydrogens (tertiary/aromatic N) is 1. The molecule has 0 aliphatic rings. The maximum atomic E-state index is 10.2. The molecule has 0 atom stereocenters. The van der Waals surface area contributed by atoms with Gasteiger partial charge in [-0.25, -0.2) is 5.06 Å². The molecule has 0 spiro atoms. The number of amides is 1. The molecule has 0 aromatic carbocycles. The van der Waals surface area contributed by atoms with Crippen LogP contribution in [0.4, 0.5) is 4.79 Å². The summed E-state index contributed by atoms with van der Waals surface area (Å²) in [4.78, 5) is 14.7. The molecule has 0 N–H and O–H groups in total. The largest absolute Gasteiger partial charge is 0.286 e. The van der Waals surface area contributed by atoms with Crippen LogP contribution in [0.3, 0.4) is 0 Å². The second-order valence-electron chi connectivity index (χ2n) is 1.20. The quantitative estimate of drug-likeness (QED) is 0.320. The van der Waals surface area contributed by atoms with Crippen molar-refractivity contribution in [3.63, 3.8) is 0 Å². The topological polar surface area (TPSA) is 29.5 Å². The Balaban J connectivity index is 3.34. The van der Waals surface area contributed by atoms with Crippen LogP contribution in [0.2, 0.25) is 0 Å². The molecule has 4 heteroatoms. The van der Waals surface area contributed by atoms with E-state index >= 15 is 0 Å². The van der Waals surface area contributed by atoms with Crippen LogP contribution in [0.15, 0.2) is 0 Å². The van der Waals surface area contributed by atoms with Crippen LogP contribution in [0.1, 0.15) is 0 Å². The number of carbonyl (C=O) groups excluding carboxylic acids is 1. The van der Waals surface area contributed by atoms with Crippen molar-refractivity contribution in [3.8, 4) is 0 Å². The third-order valence-electron chi connectivity index (χ3n) is 0.717. The van der Waals surface area contributed by atoms with Gasteiger partial charge in [-0.2, -0.15) is 0 Å². The fraction of sp³-hybridized carbons (Fsp3) is 0.667. The van der Waals surface area contributed by atoms with Crippen molar-refractivity contribution < 1.29 is 9.63 Å². The predicted octanol–water partition coefficient (Wildman–Crippen LogP) is -0.767. The Bertz CT molecular complexity index is 75.3. The zero-order valence-electron chi connectivity index (χ0n) is 4.76. The zero-order chi connectivity index (χ0) is 5.86. The molecule has 1 amide bonds. The molecule has 0 fully saturated rings. The minimum absolute atomic E-state index is 0.0949. The molecule has 0 saturated heterocycles. The monoisotopic (exact) mass is 101 g/mol. The van der Waals surface area contributed by atoms with Crippen LogP contribution in [0.5, 0.6) is 0 Å². The van der Waals surface area contributed by atoms with Gasteiger partial charge in [0.1, 0.15) is 0 Å².